The first kappa shape index (κ1) is 23.2. The SMILES string of the molecule is CCc1nc2ccc(C)cn2c1C(=O)NCc1ccc(-c2nc3n(n2)CCN(CCOC)C3)cc1. The molecule has 0 unspecified atom stereocenters. The van der Waals surface area contributed by atoms with E-state index in [1.165, 1.54) is 0 Å². The summed E-state index contributed by atoms with van der Waals surface area (Å²) >= 11 is 0. The maximum Gasteiger partial charge on any atom is 0.270 e. The number of carbonyl (C=O) groups is 1. The molecule has 0 bridgehead atoms. The second-order valence-electron chi connectivity index (χ2n) is 8.92. The molecule has 182 valence electrons. The molecule has 0 fully saturated rings. The highest BCUT2D eigenvalue weighted by molar-refractivity contribution is 5.94. The molecule has 1 aliphatic rings. The van der Waals surface area contributed by atoms with Gasteiger partial charge in [0.1, 0.15) is 17.2 Å². The van der Waals surface area contributed by atoms with Gasteiger partial charge in [-0.2, -0.15) is 5.10 Å². The summed E-state index contributed by atoms with van der Waals surface area (Å²) in [7, 11) is 1.72. The van der Waals surface area contributed by atoms with Gasteiger partial charge < -0.3 is 10.1 Å². The van der Waals surface area contributed by atoms with Gasteiger partial charge in [0.05, 0.1) is 25.4 Å². The number of hydrogen-bond acceptors (Lipinski definition) is 6. The van der Waals surface area contributed by atoms with Gasteiger partial charge in [-0.05, 0) is 30.5 Å². The van der Waals surface area contributed by atoms with Crippen LogP contribution in [0, 0.1) is 6.92 Å². The third-order valence-corrected chi connectivity index (χ3v) is 6.41. The maximum atomic E-state index is 13.1. The number of aromatic nitrogens is 5. The van der Waals surface area contributed by atoms with Crippen molar-refractivity contribution in [2.75, 3.05) is 26.8 Å². The average Bonchev–Trinajstić information content (AvgIpc) is 3.47. The minimum atomic E-state index is -0.120. The molecule has 1 amide bonds. The Labute approximate surface area is 204 Å². The molecule has 0 radical (unpaired) electrons. The molecule has 1 aliphatic heterocycles. The van der Waals surface area contributed by atoms with Crippen LogP contribution < -0.4 is 5.32 Å². The summed E-state index contributed by atoms with van der Waals surface area (Å²) in [5.74, 6) is 1.59. The van der Waals surface area contributed by atoms with Crippen LogP contribution in [0.4, 0.5) is 0 Å². The van der Waals surface area contributed by atoms with Crippen molar-refractivity contribution in [3.8, 4) is 11.4 Å². The van der Waals surface area contributed by atoms with Crippen molar-refractivity contribution >= 4 is 11.6 Å². The lowest BCUT2D eigenvalue weighted by Gasteiger charge is -2.25. The van der Waals surface area contributed by atoms with Crippen LogP contribution in [0.5, 0.6) is 0 Å². The van der Waals surface area contributed by atoms with Crippen molar-refractivity contribution in [3.05, 3.63) is 70.9 Å². The van der Waals surface area contributed by atoms with Gasteiger partial charge in [0.15, 0.2) is 5.82 Å². The predicted molar refractivity (Wildman–Crippen MR) is 133 cm³/mol. The minimum absolute atomic E-state index is 0.120. The lowest BCUT2D eigenvalue weighted by Crippen LogP contribution is -2.36. The van der Waals surface area contributed by atoms with Gasteiger partial charge in [-0.15, -0.1) is 0 Å². The molecule has 0 saturated heterocycles. The van der Waals surface area contributed by atoms with E-state index in [1.54, 1.807) is 7.11 Å². The van der Waals surface area contributed by atoms with Gasteiger partial charge in [-0.1, -0.05) is 37.3 Å². The molecule has 0 aliphatic carbocycles. The molecule has 9 heteroatoms. The Bertz CT molecular complexity index is 1340. The van der Waals surface area contributed by atoms with Crippen LogP contribution in [0.25, 0.3) is 17.0 Å². The summed E-state index contributed by atoms with van der Waals surface area (Å²) in [6.07, 6.45) is 2.66. The smallest absolute Gasteiger partial charge is 0.270 e. The molecule has 35 heavy (non-hydrogen) atoms. The second kappa shape index (κ2) is 9.97. The zero-order chi connectivity index (χ0) is 24.4. The third-order valence-electron chi connectivity index (χ3n) is 6.41. The van der Waals surface area contributed by atoms with Gasteiger partial charge in [-0.25, -0.2) is 14.6 Å². The van der Waals surface area contributed by atoms with Crippen LogP contribution in [0.1, 0.15) is 40.1 Å². The highest BCUT2D eigenvalue weighted by Crippen LogP contribution is 2.20. The molecular formula is C26H31N7O2. The zero-order valence-electron chi connectivity index (χ0n) is 20.5. The molecular weight excluding hydrogens is 442 g/mol. The number of rotatable bonds is 8. The number of nitrogens with zero attached hydrogens (tertiary/aromatic N) is 6. The minimum Gasteiger partial charge on any atom is -0.383 e. The number of methoxy groups -OCH3 is 1. The number of ether oxygens (including phenoxy) is 1. The monoisotopic (exact) mass is 473 g/mol. The largest absolute Gasteiger partial charge is 0.383 e. The topological polar surface area (TPSA) is 89.6 Å². The number of amides is 1. The van der Waals surface area contributed by atoms with Crippen molar-refractivity contribution in [2.45, 2.75) is 39.9 Å². The van der Waals surface area contributed by atoms with Crippen molar-refractivity contribution in [2.24, 2.45) is 0 Å². The Morgan fingerprint density at radius 3 is 2.71 bits per heavy atom. The quantitative estimate of drug-likeness (QED) is 0.423. The second-order valence-corrected chi connectivity index (χ2v) is 8.92. The highest BCUT2D eigenvalue weighted by Gasteiger charge is 2.21. The van der Waals surface area contributed by atoms with E-state index in [4.69, 9.17) is 14.8 Å². The number of carbonyl (C=O) groups excluding carboxylic acids is 1. The van der Waals surface area contributed by atoms with Gasteiger partial charge >= 0.3 is 0 Å². The van der Waals surface area contributed by atoms with E-state index >= 15 is 0 Å². The lowest BCUT2D eigenvalue weighted by molar-refractivity contribution is 0.0944. The fraction of sp³-hybridized carbons (Fsp3) is 0.385. The summed E-state index contributed by atoms with van der Waals surface area (Å²) in [4.78, 5) is 24.8. The highest BCUT2D eigenvalue weighted by atomic mass is 16.5. The van der Waals surface area contributed by atoms with Crippen LogP contribution in [-0.4, -0.2) is 61.8 Å². The Balaban J connectivity index is 1.26. The zero-order valence-corrected chi connectivity index (χ0v) is 20.5. The predicted octanol–water partition coefficient (Wildman–Crippen LogP) is 2.86. The summed E-state index contributed by atoms with van der Waals surface area (Å²) in [5, 5.41) is 7.75. The first-order chi connectivity index (χ1) is 17.1. The molecule has 4 aromatic rings. The molecule has 1 N–H and O–H groups in total. The molecule has 0 atom stereocenters. The molecule has 3 aromatic heterocycles. The standard InChI is InChI=1S/C26H31N7O2/c1-4-21-24(32-16-18(2)5-10-22(32)28-21)26(34)27-15-19-6-8-20(9-7-19)25-29-23-17-31(13-14-35-3)11-12-33(23)30-25/h5-10,16H,4,11-15,17H2,1-3H3,(H,27,34). The third kappa shape index (κ3) is 4.82. The number of nitrogens with one attached hydrogen (secondary N) is 1. The van der Waals surface area contributed by atoms with Crippen molar-refractivity contribution in [1.29, 1.82) is 0 Å². The Morgan fingerprint density at radius 1 is 1.11 bits per heavy atom. The fourth-order valence-electron chi connectivity index (χ4n) is 4.44. The molecule has 0 saturated carbocycles. The van der Waals surface area contributed by atoms with Gasteiger partial charge in [0, 0.05) is 38.5 Å². The van der Waals surface area contributed by atoms with Crippen LogP contribution in [0.15, 0.2) is 42.6 Å². The number of imidazole rings is 1. The van der Waals surface area contributed by atoms with Crippen LogP contribution >= 0.6 is 0 Å². The molecule has 1 aromatic carbocycles. The van der Waals surface area contributed by atoms with Crippen LogP contribution in [-0.2, 0) is 30.8 Å². The molecule has 5 rings (SSSR count). The van der Waals surface area contributed by atoms with E-state index in [-0.39, 0.29) is 5.91 Å². The first-order valence-electron chi connectivity index (χ1n) is 12.1. The Hall–Kier alpha value is -3.56. The lowest BCUT2D eigenvalue weighted by atomic mass is 10.1. The number of pyridine rings is 1. The van der Waals surface area contributed by atoms with Gasteiger partial charge in [0.2, 0.25) is 0 Å². The van der Waals surface area contributed by atoms with E-state index in [0.29, 0.717) is 18.7 Å². The maximum absolute atomic E-state index is 13.1. The van der Waals surface area contributed by atoms with E-state index < -0.39 is 0 Å². The van der Waals surface area contributed by atoms with Gasteiger partial charge in [-0.3, -0.25) is 14.1 Å². The first-order valence-corrected chi connectivity index (χ1v) is 12.1. The molecule has 4 heterocycles. The van der Waals surface area contributed by atoms with Crippen molar-refractivity contribution in [3.63, 3.8) is 0 Å². The van der Waals surface area contributed by atoms with E-state index in [2.05, 4.69) is 15.2 Å². The number of benzene rings is 1. The Kier molecular flexibility index (Phi) is 6.61. The number of aryl methyl sites for hydroxylation is 2. The summed E-state index contributed by atoms with van der Waals surface area (Å²) < 4.78 is 9.07. The van der Waals surface area contributed by atoms with E-state index in [9.17, 15) is 4.79 Å². The van der Waals surface area contributed by atoms with E-state index in [1.807, 2.05) is 65.5 Å². The number of hydrogen-bond donors (Lipinski definition) is 1. The molecule has 9 nitrogen and oxygen atoms in total. The average molecular weight is 474 g/mol. The summed E-state index contributed by atoms with van der Waals surface area (Å²) in [6, 6.07) is 12.0. The van der Waals surface area contributed by atoms with Gasteiger partial charge in [0.25, 0.3) is 5.91 Å². The number of fused-ring (bicyclic) bond motifs is 2. The summed E-state index contributed by atoms with van der Waals surface area (Å²) in [6.45, 7) is 8.64. The van der Waals surface area contributed by atoms with E-state index in [0.717, 1.165) is 72.5 Å². The summed E-state index contributed by atoms with van der Waals surface area (Å²) in [5.41, 5.74) is 5.27. The van der Waals surface area contributed by atoms with Crippen molar-refractivity contribution in [1.82, 2.24) is 34.4 Å². The van der Waals surface area contributed by atoms with Crippen molar-refractivity contribution < 1.29 is 9.53 Å². The van der Waals surface area contributed by atoms with Crippen LogP contribution in [0.3, 0.4) is 0 Å². The molecule has 0 spiro atoms. The Morgan fingerprint density at radius 2 is 1.94 bits per heavy atom. The normalized spacial score (nSPS) is 13.8. The van der Waals surface area contributed by atoms with Crippen LogP contribution in [0.2, 0.25) is 0 Å². The fourth-order valence-corrected chi connectivity index (χ4v) is 4.44.